The smallest absolute Gasteiger partial charge is 0.138 e. The van der Waals surface area contributed by atoms with Gasteiger partial charge in [0.25, 0.3) is 0 Å². The number of nitrogens with zero attached hydrogens (tertiary/aromatic N) is 1. The Bertz CT molecular complexity index is 593. The third kappa shape index (κ3) is 3.17. The summed E-state index contributed by atoms with van der Waals surface area (Å²) in [5, 5.41) is 10.6. The number of aryl methyl sites for hydroxylation is 1. The van der Waals surface area contributed by atoms with Crippen molar-refractivity contribution in [2.45, 2.75) is 39.9 Å². The summed E-state index contributed by atoms with van der Waals surface area (Å²) in [7, 11) is 0. The molecule has 1 aromatic heterocycles. The Kier molecular flexibility index (Phi) is 4.40. The van der Waals surface area contributed by atoms with Crippen LogP contribution < -0.4 is 4.74 Å². The molecule has 2 rings (SSSR count). The molecule has 2 aromatic rings. The molecule has 0 aliphatic heterocycles. The molecule has 1 aromatic carbocycles. The Labute approximate surface area is 120 Å². The lowest BCUT2D eigenvalue weighted by Gasteiger charge is -2.17. The average molecular weight is 271 g/mol. The zero-order valence-corrected chi connectivity index (χ0v) is 12.4. The maximum atomic E-state index is 10.6. The van der Waals surface area contributed by atoms with Crippen molar-refractivity contribution in [2.24, 2.45) is 0 Å². The second-order valence-corrected chi connectivity index (χ2v) is 5.31. The molecule has 0 bridgehead atoms. The van der Waals surface area contributed by atoms with Crippen molar-refractivity contribution in [1.29, 1.82) is 0 Å². The van der Waals surface area contributed by atoms with Crippen molar-refractivity contribution in [3.8, 4) is 5.75 Å². The molecule has 1 N–H and O–H groups in total. The molecule has 0 aliphatic carbocycles. The zero-order valence-electron chi connectivity index (χ0n) is 12.4. The maximum absolute atomic E-state index is 10.6. The number of pyridine rings is 1. The van der Waals surface area contributed by atoms with E-state index in [2.05, 4.69) is 4.98 Å². The van der Waals surface area contributed by atoms with Crippen LogP contribution in [0.4, 0.5) is 0 Å². The van der Waals surface area contributed by atoms with Crippen LogP contribution in [0.3, 0.4) is 0 Å². The molecule has 1 atom stereocenters. The van der Waals surface area contributed by atoms with Crippen molar-refractivity contribution < 1.29 is 9.84 Å². The highest BCUT2D eigenvalue weighted by atomic mass is 16.5. The second kappa shape index (κ2) is 6.06. The molecular formula is C17H21NO2. The molecule has 0 spiro atoms. The number of aromatic nitrogens is 1. The molecule has 3 nitrogen and oxygen atoms in total. The van der Waals surface area contributed by atoms with E-state index in [1.807, 2.05) is 52.0 Å². The topological polar surface area (TPSA) is 42.4 Å². The third-order valence-corrected chi connectivity index (χ3v) is 3.36. The summed E-state index contributed by atoms with van der Waals surface area (Å²) in [6.07, 6.45) is 2.75. The first-order chi connectivity index (χ1) is 9.49. The number of ether oxygens (including phenoxy) is 1. The summed E-state index contributed by atoms with van der Waals surface area (Å²) >= 11 is 0. The van der Waals surface area contributed by atoms with Crippen LogP contribution in [0.1, 0.15) is 42.2 Å². The molecule has 0 saturated carbocycles. The van der Waals surface area contributed by atoms with Crippen LogP contribution >= 0.6 is 0 Å². The molecule has 0 saturated heterocycles. The molecule has 0 radical (unpaired) electrons. The van der Waals surface area contributed by atoms with E-state index in [0.29, 0.717) is 5.75 Å². The van der Waals surface area contributed by atoms with Gasteiger partial charge >= 0.3 is 0 Å². The van der Waals surface area contributed by atoms with Crippen LogP contribution in [0.15, 0.2) is 36.7 Å². The maximum Gasteiger partial charge on any atom is 0.138 e. The van der Waals surface area contributed by atoms with Gasteiger partial charge in [0.15, 0.2) is 0 Å². The van der Waals surface area contributed by atoms with E-state index in [4.69, 9.17) is 4.74 Å². The first kappa shape index (κ1) is 14.5. The van der Waals surface area contributed by atoms with Gasteiger partial charge in [-0.15, -0.1) is 0 Å². The highest BCUT2D eigenvalue weighted by molar-refractivity contribution is 5.40. The van der Waals surface area contributed by atoms with Crippen LogP contribution in [0.2, 0.25) is 0 Å². The lowest BCUT2D eigenvalue weighted by molar-refractivity contribution is 0.215. The lowest BCUT2D eigenvalue weighted by Crippen LogP contribution is -2.08. The SMILES string of the molecule is Cc1cccc(C(O)c2cncc(OC(C)C)c2)c1C. The summed E-state index contributed by atoms with van der Waals surface area (Å²) < 4.78 is 5.62. The molecule has 0 aliphatic rings. The van der Waals surface area contributed by atoms with Gasteiger partial charge in [0.1, 0.15) is 11.9 Å². The number of aliphatic hydroxyl groups excluding tert-OH is 1. The molecule has 20 heavy (non-hydrogen) atoms. The first-order valence-corrected chi connectivity index (χ1v) is 6.85. The van der Waals surface area contributed by atoms with E-state index in [0.717, 1.165) is 16.7 Å². The zero-order chi connectivity index (χ0) is 14.7. The Morgan fingerprint density at radius 2 is 1.90 bits per heavy atom. The van der Waals surface area contributed by atoms with Crippen LogP contribution in [-0.2, 0) is 0 Å². The minimum Gasteiger partial charge on any atom is -0.489 e. The predicted molar refractivity (Wildman–Crippen MR) is 80.0 cm³/mol. The van der Waals surface area contributed by atoms with Gasteiger partial charge in [-0.2, -0.15) is 0 Å². The van der Waals surface area contributed by atoms with Gasteiger partial charge < -0.3 is 9.84 Å². The van der Waals surface area contributed by atoms with Gasteiger partial charge in [-0.05, 0) is 50.5 Å². The fraction of sp³-hybridized carbons (Fsp3) is 0.353. The second-order valence-electron chi connectivity index (χ2n) is 5.31. The molecule has 1 heterocycles. The molecule has 0 amide bonds. The van der Waals surface area contributed by atoms with Crippen molar-refractivity contribution in [2.75, 3.05) is 0 Å². The molecular weight excluding hydrogens is 250 g/mol. The van der Waals surface area contributed by atoms with Crippen LogP contribution in [0.5, 0.6) is 5.75 Å². The monoisotopic (exact) mass is 271 g/mol. The summed E-state index contributed by atoms with van der Waals surface area (Å²) in [6.45, 7) is 8.00. The summed E-state index contributed by atoms with van der Waals surface area (Å²) in [6, 6.07) is 7.80. The average Bonchev–Trinajstić information content (AvgIpc) is 2.41. The Balaban J connectivity index is 2.33. The van der Waals surface area contributed by atoms with Crippen LogP contribution in [-0.4, -0.2) is 16.2 Å². The van der Waals surface area contributed by atoms with Gasteiger partial charge in [-0.25, -0.2) is 0 Å². The summed E-state index contributed by atoms with van der Waals surface area (Å²) in [5.41, 5.74) is 3.93. The molecule has 0 fully saturated rings. The molecule has 3 heteroatoms. The van der Waals surface area contributed by atoms with Crippen LogP contribution in [0, 0.1) is 13.8 Å². The number of benzene rings is 1. The van der Waals surface area contributed by atoms with E-state index < -0.39 is 6.10 Å². The first-order valence-electron chi connectivity index (χ1n) is 6.85. The van der Waals surface area contributed by atoms with E-state index in [1.165, 1.54) is 5.56 Å². The van der Waals surface area contributed by atoms with E-state index in [-0.39, 0.29) is 6.10 Å². The van der Waals surface area contributed by atoms with E-state index in [1.54, 1.807) is 12.4 Å². The van der Waals surface area contributed by atoms with Crippen LogP contribution in [0.25, 0.3) is 0 Å². The minimum atomic E-state index is -0.682. The number of hydrogen-bond acceptors (Lipinski definition) is 3. The van der Waals surface area contributed by atoms with E-state index >= 15 is 0 Å². The summed E-state index contributed by atoms with van der Waals surface area (Å²) in [5.74, 6) is 0.682. The fourth-order valence-electron chi connectivity index (χ4n) is 2.17. The number of aliphatic hydroxyl groups is 1. The van der Waals surface area contributed by atoms with Crippen molar-refractivity contribution >= 4 is 0 Å². The number of rotatable bonds is 4. The van der Waals surface area contributed by atoms with Gasteiger partial charge in [0.2, 0.25) is 0 Å². The van der Waals surface area contributed by atoms with Gasteiger partial charge in [-0.3, -0.25) is 4.98 Å². The minimum absolute atomic E-state index is 0.0879. The fourth-order valence-corrected chi connectivity index (χ4v) is 2.17. The Morgan fingerprint density at radius 1 is 1.15 bits per heavy atom. The van der Waals surface area contributed by atoms with Crippen molar-refractivity contribution in [3.63, 3.8) is 0 Å². The highest BCUT2D eigenvalue weighted by Crippen LogP contribution is 2.27. The lowest BCUT2D eigenvalue weighted by atomic mass is 9.95. The van der Waals surface area contributed by atoms with Gasteiger partial charge in [0.05, 0.1) is 12.3 Å². The molecule has 1 unspecified atom stereocenters. The van der Waals surface area contributed by atoms with Gasteiger partial charge in [0, 0.05) is 11.8 Å². The predicted octanol–water partition coefficient (Wildman–Crippen LogP) is 3.57. The van der Waals surface area contributed by atoms with Gasteiger partial charge in [-0.1, -0.05) is 18.2 Å². The Morgan fingerprint density at radius 3 is 2.60 bits per heavy atom. The Hall–Kier alpha value is -1.87. The van der Waals surface area contributed by atoms with Crippen molar-refractivity contribution in [3.05, 3.63) is 58.9 Å². The largest absolute Gasteiger partial charge is 0.489 e. The third-order valence-electron chi connectivity index (χ3n) is 3.36. The normalized spacial score (nSPS) is 12.5. The standard InChI is InChI=1S/C17H21NO2/c1-11(2)20-15-8-14(9-18-10-15)17(19)16-7-5-6-12(3)13(16)4/h5-11,17,19H,1-4H3. The summed E-state index contributed by atoms with van der Waals surface area (Å²) in [4.78, 5) is 4.15. The van der Waals surface area contributed by atoms with E-state index in [9.17, 15) is 5.11 Å². The molecule has 106 valence electrons. The van der Waals surface area contributed by atoms with Crippen molar-refractivity contribution in [1.82, 2.24) is 4.98 Å². The number of hydrogen-bond donors (Lipinski definition) is 1. The quantitative estimate of drug-likeness (QED) is 0.924. The highest BCUT2D eigenvalue weighted by Gasteiger charge is 2.15.